The molecular formula is C83H129N9O5. The number of benzene rings is 4. The molecule has 4 saturated heterocycles. The Morgan fingerprint density at radius 3 is 1.30 bits per heavy atom. The third-order valence-corrected chi connectivity index (χ3v) is 24.1. The summed E-state index contributed by atoms with van der Waals surface area (Å²) in [5.74, 6) is 1.33. The van der Waals surface area contributed by atoms with Crippen molar-refractivity contribution in [2.45, 2.75) is 233 Å². The minimum Gasteiger partial charge on any atom is -0.349 e. The van der Waals surface area contributed by atoms with Crippen LogP contribution in [-0.4, -0.2) is 164 Å². The zero-order valence-electron chi connectivity index (χ0n) is 62.9. The Hall–Kier alpha value is -5.93. The smallest absolute Gasteiger partial charge is 0.317 e. The van der Waals surface area contributed by atoms with Gasteiger partial charge in [-0.3, -0.25) is 24.1 Å². The molecule has 4 aliphatic heterocycles. The molecule has 4 aromatic rings. The second-order valence-electron chi connectivity index (χ2n) is 33.7. The van der Waals surface area contributed by atoms with Gasteiger partial charge in [-0.15, -0.1) is 0 Å². The lowest BCUT2D eigenvalue weighted by atomic mass is 9.73. The Morgan fingerprint density at radius 1 is 0.536 bits per heavy atom. The maximum atomic E-state index is 12.7. The highest BCUT2D eigenvalue weighted by molar-refractivity contribution is 6.02. The van der Waals surface area contributed by atoms with Gasteiger partial charge in [0.25, 0.3) is 0 Å². The number of aryl methyl sites for hydroxylation is 1. The Bertz CT molecular complexity index is 3340. The van der Waals surface area contributed by atoms with Crippen LogP contribution in [-0.2, 0) is 36.0 Å². The SMILES string of the molecule is CC(=O)NC1CC2(CCN(C(C)C(C)C)CC2)c2ccccc21.CC(=O)N[C@H]1CC2(CCN(CC(=O)N(C)C)CC2)c2ccccc21.CCN(CC)C(=O)N[C@H]1CC2(CCN(CCC(C)(C)C)CC2)c2ccccc21.Cc1ccc2c(c1)C(=O)CC21CCN(CCC(C)(C)C)CC1.[HH].[HH]. The molecule has 4 aromatic carbocycles. The molecule has 12 rings (SSSR count). The van der Waals surface area contributed by atoms with E-state index in [-0.39, 0.29) is 66.4 Å². The van der Waals surface area contributed by atoms with Gasteiger partial charge < -0.3 is 40.4 Å². The van der Waals surface area contributed by atoms with Gasteiger partial charge in [0.15, 0.2) is 5.78 Å². The summed E-state index contributed by atoms with van der Waals surface area (Å²) >= 11 is 0. The fourth-order valence-electron chi connectivity index (χ4n) is 17.7. The van der Waals surface area contributed by atoms with Crippen molar-refractivity contribution in [2.75, 3.05) is 99.2 Å². The van der Waals surface area contributed by atoms with Crippen molar-refractivity contribution in [2.24, 2.45) is 16.7 Å². The molecule has 0 saturated carbocycles. The van der Waals surface area contributed by atoms with Gasteiger partial charge in [-0.05, 0) is 238 Å². The lowest BCUT2D eigenvalue weighted by Crippen LogP contribution is -2.47. The number of likely N-dealkylation sites (N-methyl/N-ethyl adjacent to an activating group) is 1. The van der Waals surface area contributed by atoms with Gasteiger partial charge in [0.05, 0.1) is 24.7 Å². The third kappa shape index (κ3) is 18.2. The van der Waals surface area contributed by atoms with Gasteiger partial charge >= 0.3 is 6.03 Å². The van der Waals surface area contributed by atoms with Crippen LogP contribution >= 0.6 is 0 Å². The number of carbonyl (C=O) groups is 5. The fraction of sp³-hybridized carbons (Fsp3) is 0.651. The highest BCUT2D eigenvalue weighted by atomic mass is 16.2. The second-order valence-corrected chi connectivity index (χ2v) is 33.7. The van der Waals surface area contributed by atoms with Crippen molar-refractivity contribution in [3.05, 3.63) is 141 Å². The number of amides is 5. The van der Waals surface area contributed by atoms with E-state index >= 15 is 0 Å². The number of carbonyl (C=O) groups excluding carboxylic acids is 5. The number of hydrogen-bond acceptors (Lipinski definition) is 9. The van der Waals surface area contributed by atoms with Crippen LogP contribution in [0.15, 0.2) is 91.0 Å². The van der Waals surface area contributed by atoms with E-state index in [1.807, 2.05) is 18.7 Å². The normalized spacial score (nSPS) is 22.4. The van der Waals surface area contributed by atoms with E-state index in [0.717, 1.165) is 96.2 Å². The predicted molar refractivity (Wildman–Crippen MR) is 401 cm³/mol. The number of fused-ring (bicyclic) bond motifs is 8. The Labute approximate surface area is 588 Å². The Morgan fingerprint density at radius 2 is 0.918 bits per heavy atom. The molecule has 4 spiro atoms. The lowest BCUT2D eigenvalue weighted by molar-refractivity contribution is -0.130. The van der Waals surface area contributed by atoms with Crippen LogP contribution in [0.5, 0.6) is 0 Å². The molecule has 8 aliphatic rings. The van der Waals surface area contributed by atoms with E-state index in [4.69, 9.17) is 0 Å². The summed E-state index contributed by atoms with van der Waals surface area (Å²) in [5, 5.41) is 9.62. The highest BCUT2D eigenvalue weighted by Crippen LogP contribution is 2.54. The largest absolute Gasteiger partial charge is 0.349 e. The summed E-state index contributed by atoms with van der Waals surface area (Å²) in [7, 11) is 3.61. The molecule has 0 radical (unpaired) electrons. The van der Waals surface area contributed by atoms with Gasteiger partial charge in [-0.2, -0.15) is 0 Å². The first-order valence-electron chi connectivity index (χ1n) is 37.5. The predicted octanol–water partition coefficient (Wildman–Crippen LogP) is 15.1. The van der Waals surface area contributed by atoms with Crippen LogP contribution in [0.1, 0.15) is 256 Å². The van der Waals surface area contributed by atoms with E-state index in [2.05, 4.69) is 196 Å². The lowest BCUT2D eigenvalue weighted by Gasteiger charge is -2.43. The molecule has 2 unspecified atom stereocenters. The molecule has 14 nitrogen and oxygen atoms in total. The van der Waals surface area contributed by atoms with Crippen molar-refractivity contribution in [3.8, 4) is 0 Å². The van der Waals surface area contributed by atoms with Crippen LogP contribution in [0.2, 0.25) is 0 Å². The van der Waals surface area contributed by atoms with E-state index in [1.165, 1.54) is 122 Å². The maximum Gasteiger partial charge on any atom is 0.317 e. The zero-order chi connectivity index (χ0) is 70.3. The fourth-order valence-corrected chi connectivity index (χ4v) is 17.7. The number of piperidine rings is 4. The summed E-state index contributed by atoms with van der Waals surface area (Å²) in [6.45, 7) is 43.5. The monoisotopic (exact) mass is 1330 g/mol. The minimum absolute atomic E-state index is 0. The molecule has 4 fully saturated rings. The van der Waals surface area contributed by atoms with Gasteiger partial charge in [-0.1, -0.05) is 146 Å². The Kier molecular flexibility index (Phi) is 24.6. The van der Waals surface area contributed by atoms with Crippen molar-refractivity contribution < 1.29 is 26.8 Å². The molecule has 536 valence electrons. The van der Waals surface area contributed by atoms with Crippen molar-refractivity contribution >= 4 is 29.5 Å². The number of rotatable bonds is 13. The highest BCUT2D eigenvalue weighted by Gasteiger charge is 2.50. The van der Waals surface area contributed by atoms with Crippen LogP contribution in [0.25, 0.3) is 0 Å². The molecule has 4 atom stereocenters. The quantitative estimate of drug-likeness (QED) is 0.119. The summed E-state index contributed by atoms with van der Waals surface area (Å²) in [4.78, 5) is 73.8. The van der Waals surface area contributed by atoms with Gasteiger partial charge in [0.1, 0.15) is 0 Å². The first-order valence-corrected chi connectivity index (χ1v) is 37.5. The molecule has 3 N–H and O–H groups in total. The van der Waals surface area contributed by atoms with Crippen molar-refractivity contribution in [1.29, 1.82) is 0 Å². The second kappa shape index (κ2) is 31.7. The standard InChI is InChI=1S/C24H39N3O.C20H30N2O.C20H29NO.C19H27N3O2.2H2/c1-6-27(7-2)22(28)25-21-18-24(20-11-9-8-10-19(20)21)13-16-26(17-14-24)15-12-23(3,4)5;1-14(2)15(3)22-11-9-20(10-12-22)13-19(21-16(4)23)17-7-5-6-8-18(17)20;1-15-5-6-17-16(13-15)18(22)14-20(17)8-11-21(12-9-20)10-7-19(2,3)4;1-14(23)20-17-12-19(16-7-5-4-6-15(16)17)8-10-22(11-9-19)13-18(24)21(2)3;;/h8-11,21H,6-7,12-18H2,1-5H3,(H,25,28);5-8,14-15,19H,9-13H2,1-4H3,(H,21,23);5-6,13H,7-12,14H2,1-4H3;4-7,17H,8-13H2,1-3H3,(H,20,23);2*1H/t21-;;;17-;;/m0..0../s1. The molecular weight excluding hydrogens is 1200 g/mol. The zero-order valence-corrected chi connectivity index (χ0v) is 62.9. The molecule has 4 aliphatic carbocycles. The van der Waals surface area contributed by atoms with E-state index in [1.54, 1.807) is 32.8 Å². The van der Waals surface area contributed by atoms with Gasteiger partial charge in [0.2, 0.25) is 17.7 Å². The molecule has 4 heterocycles. The molecule has 14 heteroatoms. The number of likely N-dealkylation sites (tertiary alicyclic amines) is 4. The number of nitrogens with zero attached hydrogens (tertiary/aromatic N) is 6. The van der Waals surface area contributed by atoms with Crippen LogP contribution in [0.4, 0.5) is 4.79 Å². The first-order chi connectivity index (χ1) is 45.9. The summed E-state index contributed by atoms with van der Waals surface area (Å²) in [6, 6.07) is 33.7. The Balaban J connectivity index is 0.000000185. The van der Waals surface area contributed by atoms with Crippen molar-refractivity contribution in [3.63, 3.8) is 0 Å². The molecule has 97 heavy (non-hydrogen) atoms. The van der Waals surface area contributed by atoms with Gasteiger partial charge in [0, 0.05) is 83.6 Å². The van der Waals surface area contributed by atoms with E-state index < -0.39 is 0 Å². The average Bonchev–Trinajstić information content (AvgIpc) is 1.71. The number of hydrogen-bond donors (Lipinski definition) is 3. The van der Waals surface area contributed by atoms with E-state index in [9.17, 15) is 24.0 Å². The molecule has 0 aromatic heterocycles. The summed E-state index contributed by atoms with van der Waals surface area (Å²) < 4.78 is 0. The summed E-state index contributed by atoms with van der Waals surface area (Å²) in [6.07, 6.45) is 15.5. The van der Waals surface area contributed by atoms with E-state index in [0.29, 0.717) is 35.1 Å². The van der Waals surface area contributed by atoms with Crippen LogP contribution in [0, 0.1) is 23.7 Å². The number of nitrogens with one attached hydrogen (secondary N) is 3. The number of urea groups is 1. The topological polar surface area (TPSA) is 141 Å². The minimum atomic E-state index is 0. The van der Waals surface area contributed by atoms with Gasteiger partial charge in [-0.25, -0.2) is 4.79 Å². The van der Waals surface area contributed by atoms with Crippen LogP contribution in [0.3, 0.4) is 0 Å². The van der Waals surface area contributed by atoms with Crippen LogP contribution < -0.4 is 16.0 Å². The third-order valence-electron chi connectivity index (χ3n) is 24.1. The summed E-state index contributed by atoms with van der Waals surface area (Å²) in [5.41, 5.74) is 13.4. The number of ketones is 1. The first kappa shape index (κ1) is 75.3. The number of Topliss-reactive ketones (excluding diaryl/α,β-unsaturated/α-hetero) is 1. The molecule has 5 amide bonds. The van der Waals surface area contributed by atoms with Crippen molar-refractivity contribution in [1.82, 2.24) is 45.3 Å². The maximum absolute atomic E-state index is 12.7. The molecule has 0 bridgehead atoms. The average molecular weight is 1330 g/mol.